The Morgan fingerprint density at radius 1 is 1.14 bits per heavy atom. The van der Waals surface area contributed by atoms with Crippen molar-refractivity contribution in [2.24, 2.45) is 7.05 Å². The van der Waals surface area contributed by atoms with Crippen LogP contribution in [0.1, 0.15) is 18.5 Å². The van der Waals surface area contributed by atoms with Crippen molar-refractivity contribution in [3.8, 4) is 0 Å². The van der Waals surface area contributed by atoms with E-state index < -0.39 is 6.04 Å². The Labute approximate surface area is 166 Å². The van der Waals surface area contributed by atoms with Crippen LogP contribution in [0.4, 0.5) is 0 Å². The van der Waals surface area contributed by atoms with Gasteiger partial charge in [0.15, 0.2) is 0 Å². The first kappa shape index (κ1) is 18.3. The van der Waals surface area contributed by atoms with E-state index in [-0.39, 0.29) is 11.5 Å². The number of hydrogen-bond acceptors (Lipinski definition) is 3. The van der Waals surface area contributed by atoms with Crippen LogP contribution in [0.5, 0.6) is 0 Å². The number of carbonyl (C=O) groups is 1. The summed E-state index contributed by atoms with van der Waals surface area (Å²) in [5.74, 6) is -0.193. The first-order chi connectivity index (χ1) is 13.5. The zero-order chi connectivity index (χ0) is 19.8. The van der Waals surface area contributed by atoms with Gasteiger partial charge in [-0.05, 0) is 24.6 Å². The van der Waals surface area contributed by atoms with Gasteiger partial charge in [0, 0.05) is 29.4 Å². The third kappa shape index (κ3) is 2.96. The van der Waals surface area contributed by atoms with Gasteiger partial charge in [-0.1, -0.05) is 48.0 Å². The molecule has 2 aromatic heterocycles. The van der Waals surface area contributed by atoms with Gasteiger partial charge in [-0.25, -0.2) is 4.68 Å². The van der Waals surface area contributed by atoms with Gasteiger partial charge in [0.1, 0.15) is 11.6 Å². The molecule has 1 N–H and O–H groups in total. The summed E-state index contributed by atoms with van der Waals surface area (Å²) < 4.78 is 3.07. The highest BCUT2D eigenvalue weighted by Crippen LogP contribution is 2.29. The minimum atomic E-state index is -0.583. The first-order valence-corrected chi connectivity index (χ1v) is 9.33. The molecule has 0 unspecified atom stereocenters. The molecule has 0 radical (unpaired) electrons. The van der Waals surface area contributed by atoms with Crippen LogP contribution in [0, 0.1) is 0 Å². The third-order valence-corrected chi connectivity index (χ3v) is 5.35. The molecule has 0 aliphatic rings. The molecule has 142 valence electrons. The lowest BCUT2D eigenvalue weighted by molar-refractivity contribution is -0.123. The maximum Gasteiger partial charge on any atom is 0.291 e. The number of fused-ring (bicyclic) bond motifs is 3. The summed E-state index contributed by atoms with van der Waals surface area (Å²) in [7, 11) is 1.60. The van der Waals surface area contributed by atoms with Crippen molar-refractivity contribution < 1.29 is 4.79 Å². The maximum atomic E-state index is 12.9. The third-order valence-electron chi connectivity index (χ3n) is 4.98. The van der Waals surface area contributed by atoms with Crippen molar-refractivity contribution in [1.29, 1.82) is 0 Å². The van der Waals surface area contributed by atoms with E-state index in [9.17, 15) is 9.59 Å². The van der Waals surface area contributed by atoms with Gasteiger partial charge in [-0.15, -0.1) is 0 Å². The molecule has 0 bridgehead atoms. The molecule has 2 aromatic carbocycles. The smallest absolute Gasteiger partial charge is 0.291 e. The molecule has 7 heteroatoms. The van der Waals surface area contributed by atoms with Gasteiger partial charge in [-0.2, -0.15) is 5.10 Å². The number of rotatable bonds is 4. The van der Waals surface area contributed by atoms with Gasteiger partial charge >= 0.3 is 0 Å². The minimum Gasteiger partial charge on any atom is -0.350 e. The van der Waals surface area contributed by atoms with Crippen LogP contribution in [0.3, 0.4) is 0 Å². The SMILES string of the molecule is C[C@H](C(=O)NCc1ccccc1Cl)n1c2ccccc2c2cnn(C)c(=O)c21. The van der Waals surface area contributed by atoms with Gasteiger partial charge in [-0.3, -0.25) is 9.59 Å². The Morgan fingerprint density at radius 3 is 2.64 bits per heavy atom. The summed E-state index contributed by atoms with van der Waals surface area (Å²) in [6, 6.07) is 14.4. The van der Waals surface area contributed by atoms with E-state index in [0.717, 1.165) is 21.9 Å². The number of nitrogens with zero attached hydrogens (tertiary/aromatic N) is 3. The number of para-hydroxylation sites is 1. The molecule has 28 heavy (non-hydrogen) atoms. The van der Waals surface area contributed by atoms with E-state index in [4.69, 9.17) is 11.6 Å². The fourth-order valence-electron chi connectivity index (χ4n) is 3.48. The summed E-state index contributed by atoms with van der Waals surface area (Å²) in [5.41, 5.74) is 1.90. The molecule has 0 aliphatic heterocycles. The molecule has 0 saturated heterocycles. The largest absolute Gasteiger partial charge is 0.350 e. The van der Waals surface area contributed by atoms with Crippen LogP contribution in [0.25, 0.3) is 21.8 Å². The zero-order valence-corrected chi connectivity index (χ0v) is 16.3. The van der Waals surface area contributed by atoms with Crippen molar-refractivity contribution in [1.82, 2.24) is 19.7 Å². The van der Waals surface area contributed by atoms with Gasteiger partial charge in [0.05, 0.1) is 11.7 Å². The number of halogens is 1. The van der Waals surface area contributed by atoms with E-state index >= 15 is 0 Å². The molecule has 6 nitrogen and oxygen atoms in total. The molecule has 4 rings (SSSR count). The second-order valence-electron chi connectivity index (χ2n) is 6.71. The molecule has 0 fully saturated rings. The number of aromatic nitrogens is 3. The summed E-state index contributed by atoms with van der Waals surface area (Å²) >= 11 is 6.17. The van der Waals surface area contributed by atoms with Crippen LogP contribution in [0.2, 0.25) is 5.02 Å². The lowest BCUT2D eigenvalue weighted by Gasteiger charge is -2.17. The summed E-state index contributed by atoms with van der Waals surface area (Å²) in [4.78, 5) is 25.7. The monoisotopic (exact) mass is 394 g/mol. The van der Waals surface area contributed by atoms with Crippen molar-refractivity contribution in [3.63, 3.8) is 0 Å². The maximum absolute atomic E-state index is 12.9. The number of carbonyl (C=O) groups excluding carboxylic acids is 1. The molecule has 2 heterocycles. The highest BCUT2D eigenvalue weighted by molar-refractivity contribution is 6.31. The average molecular weight is 395 g/mol. The number of nitrogens with one attached hydrogen (secondary N) is 1. The van der Waals surface area contributed by atoms with E-state index in [1.54, 1.807) is 30.8 Å². The zero-order valence-electron chi connectivity index (χ0n) is 15.5. The second-order valence-corrected chi connectivity index (χ2v) is 7.12. The van der Waals surface area contributed by atoms with Crippen LogP contribution < -0.4 is 10.9 Å². The lowest BCUT2D eigenvalue weighted by atomic mass is 10.2. The Hall–Kier alpha value is -3.12. The van der Waals surface area contributed by atoms with E-state index in [1.165, 1.54) is 4.68 Å². The van der Waals surface area contributed by atoms with Crippen LogP contribution in [-0.4, -0.2) is 20.3 Å². The molecular weight excluding hydrogens is 376 g/mol. The van der Waals surface area contributed by atoms with Crippen molar-refractivity contribution >= 4 is 39.3 Å². The molecule has 0 saturated carbocycles. The fourth-order valence-corrected chi connectivity index (χ4v) is 3.68. The summed E-state index contributed by atoms with van der Waals surface area (Å²) in [6.07, 6.45) is 1.67. The number of aryl methyl sites for hydroxylation is 1. The van der Waals surface area contributed by atoms with Crippen LogP contribution in [-0.2, 0) is 18.4 Å². The normalized spacial score (nSPS) is 12.4. The van der Waals surface area contributed by atoms with Crippen LogP contribution >= 0.6 is 11.6 Å². The summed E-state index contributed by atoms with van der Waals surface area (Å²) in [5, 5.41) is 9.30. The van der Waals surface area contributed by atoms with Gasteiger partial charge in [0.25, 0.3) is 5.56 Å². The Morgan fingerprint density at radius 2 is 1.86 bits per heavy atom. The quantitative estimate of drug-likeness (QED) is 0.576. The second kappa shape index (κ2) is 7.13. The number of amides is 1. The predicted molar refractivity (Wildman–Crippen MR) is 110 cm³/mol. The first-order valence-electron chi connectivity index (χ1n) is 8.95. The predicted octanol–water partition coefficient (Wildman–Crippen LogP) is 3.42. The Kier molecular flexibility index (Phi) is 4.65. The number of benzene rings is 2. The summed E-state index contributed by atoms with van der Waals surface area (Å²) in [6.45, 7) is 2.10. The van der Waals surface area contributed by atoms with Gasteiger partial charge < -0.3 is 9.88 Å². The highest BCUT2D eigenvalue weighted by Gasteiger charge is 2.23. The van der Waals surface area contributed by atoms with E-state index in [1.807, 2.05) is 42.5 Å². The molecule has 4 aromatic rings. The van der Waals surface area contributed by atoms with Gasteiger partial charge in [0.2, 0.25) is 5.91 Å². The molecule has 0 aliphatic carbocycles. The van der Waals surface area contributed by atoms with Crippen LogP contribution in [0.15, 0.2) is 59.5 Å². The molecule has 1 amide bonds. The van der Waals surface area contributed by atoms with Crippen molar-refractivity contribution in [3.05, 3.63) is 75.7 Å². The van der Waals surface area contributed by atoms with Crippen molar-refractivity contribution in [2.45, 2.75) is 19.5 Å². The molecule has 0 spiro atoms. The lowest BCUT2D eigenvalue weighted by Crippen LogP contribution is -2.32. The Balaban J connectivity index is 1.77. The number of hydrogen-bond donors (Lipinski definition) is 1. The standard InChI is InChI=1S/C21H19ClN4O2/c1-13(20(27)23-11-14-7-3-5-9-17(14)22)26-18-10-6-4-8-15(18)16-12-24-25(2)21(28)19(16)26/h3-10,12-13H,11H2,1-2H3,(H,23,27)/t13-/m1/s1. The highest BCUT2D eigenvalue weighted by atomic mass is 35.5. The molecule has 1 atom stereocenters. The topological polar surface area (TPSA) is 68.9 Å². The van der Waals surface area contributed by atoms with E-state index in [2.05, 4.69) is 10.4 Å². The molecular formula is C21H19ClN4O2. The average Bonchev–Trinajstić information content (AvgIpc) is 3.04. The van der Waals surface area contributed by atoms with E-state index in [0.29, 0.717) is 17.1 Å². The van der Waals surface area contributed by atoms with Crippen molar-refractivity contribution in [2.75, 3.05) is 0 Å². The fraction of sp³-hybridized carbons (Fsp3) is 0.190. The Bertz CT molecular complexity index is 1260. The minimum absolute atomic E-state index is 0.193.